The Labute approximate surface area is 154 Å². The largest absolute Gasteiger partial charge is 0.392 e. The fourth-order valence-corrected chi connectivity index (χ4v) is 7.87. The standard InChI is InChI=1S/C21H28N2O3/c24-8-5-12-11-22-7-6-21-14-3-1-2-4-15(14)23-18(26)10-16(25)19(20(21)23)13(12)9-17(21)22/h5,13,16-17,19-20,24-25H,1-4,6-11H2/b12-5-/t13-,16?,17-,19-,20-,21+/m0/s1. The summed E-state index contributed by atoms with van der Waals surface area (Å²) in [5.41, 5.74) is 4.31. The molecule has 6 atom stereocenters. The summed E-state index contributed by atoms with van der Waals surface area (Å²) >= 11 is 0. The van der Waals surface area contributed by atoms with Crippen LogP contribution in [0.15, 0.2) is 22.9 Å². The topological polar surface area (TPSA) is 64.0 Å². The Morgan fingerprint density at radius 2 is 2.12 bits per heavy atom. The lowest BCUT2D eigenvalue weighted by Gasteiger charge is -2.59. The maximum atomic E-state index is 13.0. The number of carbonyl (C=O) groups excluding carboxylic acids is 1. The number of aliphatic hydroxyl groups is 2. The molecule has 4 heterocycles. The molecule has 0 aromatic heterocycles. The zero-order valence-electron chi connectivity index (χ0n) is 15.2. The quantitative estimate of drug-likeness (QED) is 0.698. The van der Waals surface area contributed by atoms with Crippen LogP contribution in [0.25, 0.3) is 0 Å². The molecule has 5 heteroatoms. The molecule has 2 bridgehead atoms. The predicted molar refractivity (Wildman–Crippen MR) is 95.9 cm³/mol. The van der Waals surface area contributed by atoms with Crippen LogP contribution in [0.4, 0.5) is 0 Å². The first-order chi connectivity index (χ1) is 12.7. The Bertz CT molecular complexity index is 744. The summed E-state index contributed by atoms with van der Waals surface area (Å²) < 4.78 is 0. The Hall–Kier alpha value is -1.17. The number of allylic oxidation sites excluding steroid dienone is 1. The molecule has 1 saturated carbocycles. The van der Waals surface area contributed by atoms with E-state index in [2.05, 4.69) is 9.80 Å². The Morgan fingerprint density at radius 3 is 2.96 bits per heavy atom. The number of rotatable bonds is 1. The molecule has 4 aliphatic heterocycles. The van der Waals surface area contributed by atoms with Crippen molar-refractivity contribution in [2.24, 2.45) is 17.3 Å². The van der Waals surface area contributed by atoms with Gasteiger partial charge in [0, 0.05) is 29.6 Å². The number of piperidine rings is 2. The number of carbonyl (C=O) groups is 1. The molecule has 6 rings (SSSR count). The van der Waals surface area contributed by atoms with E-state index < -0.39 is 6.10 Å². The summed E-state index contributed by atoms with van der Waals surface area (Å²) in [5.74, 6) is 0.593. The van der Waals surface area contributed by atoms with E-state index in [9.17, 15) is 15.0 Å². The lowest BCUT2D eigenvalue weighted by molar-refractivity contribution is -0.155. The molecule has 1 spiro atoms. The minimum Gasteiger partial charge on any atom is -0.392 e. The van der Waals surface area contributed by atoms with Gasteiger partial charge in [-0.05, 0) is 56.6 Å². The third kappa shape index (κ3) is 1.67. The minimum atomic E-state index is -0.540. The SMILES string of the molecule is O=C1CC(O)[C@H]2[C@@H]3N1C1=C(CCCC1)[C@@]31CCN3C/C(=C/CO)[C@@H]2C[C@H]31. The van der Waals surface area contributed by atoms with Gasteiger partial charge in [-0.15, -0.1) is 0 Å². The molecule has 1 amide bonds. The van der Waals surface area contributed by atoms with Crippen LogP contribution in [0.5, 0.6) is 0 Å². The van der Waals surface area contributed by atoms with Crippen molar-refractivity contribution in [3.8, 4) is 0 Å². The first-order valence-corrected chi connectivity index (χ1v) is 10.4. The first-order valence-electron chi connectivity index (χ1n) is 10.4. The molecule has 2 N–H and O–H groups in total. The lowest BCUT2D eigenvalue weighted by atomic mass is 9.52. The van der Waals surface area contributed by atoms with Crippen LogP contribution in [0.1, 0.15) is 44.9 Å². The van der Waals surface area contributed by atoms with Gasteiger partial charge in [0.25, 0.3) is 0 Å². The molecule has 140 valence electrons. The van der Waals surface area contributed by atoms with Crippen LogP contribution in [0.2, 0.25) is 0 Å². The molecule has 0 aromatic rings. The lowest BCUT2D eigenvalue weighted by Crippen LogP contribution is -2.67. The molecule has 6 aliphatic rings. The normalized spacial score (nSPS) is 48.2. The van der Waals surface area contributed by atoms with Gasteiger partial charge in [0.15, 0.2) is 0 Å². The van der Waals surface area contributed by atoms with Gasteiger partial charge < -0.3 is 15.1 Å². The summed E-state index contributed by atoms with van der Waals surface area (Å²) in [6.45, 7) is 2.09. The fraction of sp³-hybridized carbons (Fsp3) is 0.762. The summed E-state index contributed by atoms with van der Waals surface area (Å²) in [7, 11) is 0. The Balaban J connectivity index is 1.57. The van der Waals surface area contributed by atoms with E-state index in [1.54, 1.807) is 5.57 Å². The molecule has 4 fully saturated rings. The van der Waals surface area contributed by atoms with Gasteiger partial charge in [-0.25, -0.2) is 0 Å². The van der Waals surface area contributed by atoms with Gasteiger partial charge in [-0.1, -0.05) is 11.6 Å². The Morgan fingerprint density at radius 1 is 1.27 bits per heavy atom. The van der Waals surface area contributed by atoms with Crippen LogP contribution in [0, 0.1) is 17.3 Å². The van der Waals surface area contributed by atoms with Gasteiger partial charge in [0.2, 0.25) is 5.91 Å². The van der Waals surface area contributed by atoms with Crippen molar-refractivity contribution >= 4 is 5.91 Å². The van der Waals surface area contributed by atoms with E-state index in [4.69, 9.17) is 0 Å². The summed E-state index contributed by atoms with van der Waals surface area (Å²) in [6.07, 6.45) is 8.54. The minimum absolute atomic E-state index is 0.0698. The van der Waals surface area contributed by atoms with E-state index in [0.717, 1.165) is 38.8 Å². The van der Waals surface area contributed by atoms with Crippen LogP contribution in [0.3, 0.4) is 0 Å². The second-order valence-electron chi connectivity index (χ2n) is 9.27. The highest BCUT2D eigenvalue weighted by Crippen LogP contribution is 2.67. The van der Waals surface area contributed by atoms with Gasteiger partial charge in [0.1, 0.15) is 0 Å². The number of aliphatic hydroxyl groups excluding tert-OH is 2. The van der Waals surface area contributed by atoms with Gasteiger partial charge in [-0.2, -0.15) is 0 Å². The van der Waals surface area contributed by atoms with Gasteiger partial charge in [-0.3, -0.25) is 9.69 Å². The molecule has 2 aliphatic carbocycles. The van der Waals surface area contributed by atoms with Crippen molar-refractivity contribution in [2.75, 3.05) is 19.7 Å². The monoisotopic (exact) mass is 356 g/mol. The number of nitrogens with zero attached hydrogens (tertiary/aromatic N) is 2. The highest BCUT2D eigenvalue weighted by molar-refractivity contribution is 5.82. The first kappa shape index (κ1) is 15.8. The third-order valence-electron chi connectivity index (χ3n) is 8.56. The smallest absolute Gasteiger partial charge is 0.229 e. The fourth-order valence-electron chi connectivity index (χ4n) is 7.87. The van der Waals surface area contributed by atoms with Crippen molar-refractivity contribution in [3.63, 3.8) is 0 Å². The molecule has 0 aromatic carbocycles. The molecule has 5 nitrogen and oxygen atoms in total. The maximum Gasteiger partial charge on any atom is 0.229 e. The summed E-state index contributed by atoms with van der Waals surface area (Å²) in [6, 6.07) is 0.661. The summed E-state index contributed by atoms with van der Waals surface area (Å²) in [4.78, 5) is 17.8. The van der Waals surface area contributed by atoms with E-state index >= 15 is 0 Å². The number of amides is 1. The van der Waals surface area contributed by atoms with Gasteiger partial charge in [0.05, 0.1) is 25.2 Å². The van der Waals surface area contributed by atoms with Crippen LogP contribution in [-0.2, 0) is 4.79 Å². The van der Waals surface area contributed by atoms with Crippen molar-refractivity contribution in [1.29, 1.82) is 0 Å². The van der Waals surface area contributed by atoms with Crippen molar-refractivity contribution in [3.05, 3.63) is 22.9 Å². The van der Waals surface area contributed by atoms with E-state index in [-0.39, 0.29) is 36.3 Å². The van der Waals surface area contributed by atoms with Crippen molar-refractivity contribution in [1.82, 2.24) is 9.80 Å². The highest BCUT2D eigenvalue weighted by Gasteiger charge is 2.70. The molecular formula is C21H28N2O3. The zero-order chi connectivity index (χ0) is 17.6. The van der Waals surface area contributed by atoms with Crippen LogP contribution in [-0.4, -0.2) is 63.8 Å². The molecular weight excluding hydrogens is 328 g/mol. The van der Waals surface area contributed by atoms with Gasteiger partial charge >= 0.3 is 0 Å². The van der Waals surface area contributed by atoms with Crippen LogP contribution >= 0.6 is 0 Å². The second kappa shape index (κ2) is 5.21. The molecule has 0 radical (unpaired) electrons. The molecule has 1 unspecified atom stereocenters. The molecule has 26 heavy (non-hydrogen) atoms. The van der Waals surface area contributed by atoms with E-state index in [1.807, 2.05) is 6.08 Å². The summed E-state index contributed by atoms with van der Waals surface area (Å²) in [5, 5.41) is 20.6. The number of fused-ring (bicyclic) bond motifs is 3. The Kier molecular flexibility index (Phi) is 3.17. The van der Waals surface area contributed by atoms with E-state index in [0.29, 0.717) is 12.0 Å². The third-order valence-corrected chi connectivity index (χ3v) is 8.56. The number of hydrogen-bond donors (Lipinski definition) is 2. The maximum absolute atomic E-state index is 13.0. The zero-order valence-corrected chi connectivity index (χ0v) is 15.2. The van der Waals surface area contributed by atoms with Crippen molar-refractivity contribution < 1.29 is 15.0 Å². The molecule has 3 saturated heterocycles. The predicted octanol–water partition coefficient (Wildman–Crippen LogP) is 1.42. The average Bonchev–Trinajstić information content (AvgIpc) is 3.17. The average molecular weight is 356 g/mol. The second-order valence-corrected chi connectivity index (χ2v) is 9.27. The van der Waals surface area contributed by atoms with Crippen LogP contribution < -0.4 is 0 Å². The van der Waals surface area contributed by atoms with Crippen molar-refractivity contribution in [2.45, 2.75) is 63.1 Å². The number of hydrogen-bond acceptors (Lipinski definition) is 4. The highest BCUT2D eigenvalue weighted by atomic mass is 16.3. The van der Waals surface area contributed by atoms with E-state index in [1.165, 1.54) is 24.1 Å².